The predicted octanol–water partition coefficient (Wildman–Crippen LogP) is 5.18. The summed E-state index contributed by atoms with van der Waals surface area (Å²) in [7, 11) is 0. The molecule has 6 nitrogen and oxygen atoms in total. The molecule has 0 saturated heterocycles. The molecule has 1 N–H and O–H groups in total. The molecule has 0 aliphatic carbocycles. The number of rotatable bonds is 7. The lowest BCUT2D eigenvalue weighted by Crippen LogP contribution is -2.46. The summed E-state index contributed by atoms with van der Waals surface area (Å²) < 4.78 is 67.2. The van der Waals surface area contributed by atoms with Crippen LogP contribution in [0.3, 0.4) is 0 Å². The van der Waals surface area contributed by atoms with E-state index >= 15 is 0 Å². The van der Waals surface area contributed by atoms with E-state index in [1.165, 1.54) is 19.5 Å². The Morgan fingerprint density at radius 2 is 1.88 bits per heavy atom. The average Bonchev–Trinajstić information content (AvgIpc) is 3.39. The number of nitrogens with one attached hydrogen (secondary N) is 1. The molecule has 0 aliphatic rings. The minimum atomic E-state index is -3.63. The van der Waals surface area contributed by atoms with E-state index in [1.807, 2.05) is 0 Å². The van der Waals surface area contributed by atoms with Crippen molar-refractivity contribution in [2.45, 2.75) is 31.9 Å². The third-order valence-corrected chi connectivity index (χ3v) is 4.98. The summed E-state index contributed by atoms with van der Waals surface area (Å²) in [6.07, 6.45) is 3.47. The van der Waals surface area contributed by atoms with E-state index in [4.69, 9.17) is 9.15 Å². The van der Waals surface area contributed by atoms with Gasteiger partial charge in [-0.2, -0.15) is 13.9 Å². The van der Waals surface area contributed by atoms with Gasteiger partial charge in [0.2, 0.25) is 0 Å². The van der Waals surface area contributed by atoms with E-state index < -0.39 is 35.6 Å². The fourth-order valence-electron chi connectivity index (χ4n) is 3.42. The lowest BCUT2D eigenvalue weighted by molar-refractivity contribution is -0.144. The summed E-state index contributed by atoms with van der Waals surface area (Å²) in [6.45, 7) is 1.87. The minimum absolute atomic E-state index is 0.0360. The molecule has 4 aromatic rings. The number of carbonyl (C=O) groups excluding carboxylic acids is 1. The molecule has 2 aromatic heterocycles. The molecule has 0 fully saturated rings. The summed E-state index contributed by atoms with van der Waals surface area (Å²) in [6, 6.07) is 8.38. The summed E-state index contributed by atoms with van der Waals surface area (Å²) in [4.78, 5) is 11.8. The Morgan fingerprint density at radius 1 is 1.15 bits per heavy atom. The molecule has 2 atom stereocenters. The minimum Gasteiger partial charge on any atom is -0.484 e. The number of nitrogens with zero attached hydrogens (tertiary/aromatic N) is 2. The maximum atomic E-state index is 13.9. The summed E-state index contributed by atoms with van der Waals surface area (Å²) >= 11 is 0. The van der Waals surface area contributed by atoms with Crippen molar-refractivity contribution >= 4 is 16.8 Å². The van der Waals surface area contributed by atoms with Gasteiger partial charge in [0.25, 0.3) is 5.91 Å². The molecule has 2 aromatic carbocycles. The second-order valence-electron chi connectivity index (χ2n) is 7.65. The van der Waals surface area contributed by atoms with E-state index in [9.17, 15) is 22.4 Å². The van der Waals surface area contributed by atoms with Gasteiger partial charge in [-0.25, -0.2) is 13.5 Å². The van der Waals surface area contributed by atoms with Gasteiger partial charge in [-0.3, -0.25) is 4.79 Å². The number of alkyl halides is 2. The Bertz CT molecular complexity index is 1260. The van der Waals surface area contributed by atoms with Gasteiger partial charge in [0.15, 0.2) is 0 Å². The highest BCUT2D eigenvalue weighted by Crippen LogP contribution is 2.30. The Kier molecular flexibility index (Phi) is 5.84. The van der Waals surface area contributed by atoms with Crippen LogP contribution in [0.5, 0.6) is 5.75 Å². The number of furan rings is 1. The second kappa shape index (κ2) is 8.61. The van der Waals surface area contributed by atoms with E-state index in [0.717, 1.165) is 17.6 Å². The van der Waals surface area contributed by atoms with Gasteiger partial charge in [-0.15, -0.1) is 0 Å². The van der Waals surface area contributed by atoms with E-state index in [1.54, 1.807) is 35.1 Å². The molecule has 1 amide bonds. The van der Waals surface area contributed by atoms with Gasteiger partial charge in [0, 0.05) is 30.0 Å². The fraction of sp³-hybridized carbons (Fsp3) is 0.217. The molecule has 4 rings (SSSR count). The lowest BCUT2D eigenvalue weighted by atomic mass is 10.0. The van der Waals surface area contributed by atoms with Crippen molar-refractivity contribution in [2.24, 2.45) is 0 Å². The van der Waals surface area contributed by atoms with Crippen LogP contribution in [0.1, 0.15) is 25.5 Å². The zero-order chi connectivity index (χ0) is 23.8. The maximum absolute atomic E-state index is 13.9. The highest BCUT2D eigenvalue weighted by atomic mass is 19.3. The first kappa shape index (κ1) is 22.4. The molecule has 172 valence electrons. The molecule has 0 radical (unpaired) electrons. The summed E-state index contributed by atoms with van der Waals surface area (Å²) in [5, 5.41) is 7.14. The van der Waals surface area contributed by atoms with Gasteiger partial charge in [-0.1, -0.05) is 0 Å². The molecule has 10 heteroatoms. The quantitative estimate of drug-likeness (QED) is 0.385. The third-order valence-electron chi connectivity index (χ3n) is 4.98. The monoisotopic (exact) mass is 461 g/mol. The van der Waals surface area contributed by atoms with Crippen LogP contribution in [-0.4, -0.2) is 27.7 Å². The molecule has 0 spiro atoms. The van der Waals surface area contributed by atoms with E-state index in [2.05, 4.69) is 10.4 Å². The Labute approximate surface area is 185 Å². The molecule has 2 heterocycles. The van der Waals surface area contributed by atoms with E-state index in [0.29, 0.717) is 24.1 Å². The van der Waals surface area contributed by atoms with Crippen LogP contribution in [-0.2, 0) is 4.79 Å². The molecular weight excluding hydrogens is 442 g/mol. The SMILES string of the molecule is C[C@H](NC(=O)C(C)(F)F)[C@H](Oc1ccc2c(cnn2-c2ccoc2)c1)c1cc(F)cc(F)c1. The van der Waals surface area contributed by atoms with Gasteiger partial charge >= 0.3 is 5.92 Å². The standard InChI is InChI=1S/C23H19F4N3O3/c1-13(29-22(31)23(2,26)27)21(14-7-16(24)10-17(25)8-14)33-19-3-4-20-15(9-19)11-28-30(20)18-5-6-32-12-18/h3-13,21H,1-2H3,(H,29,31)/t13-,21-/m0/s1. The number of fused-ring (bicyclic) bond motifs is 1. The first-order chi connectivity index (χ1) is 15.6. The van der Waals surface area contributed by atoms with Crippen LogP contribution < -0.4 is 10.1 Å². The zero-order valence-corrected chi connectivity index (χ0v) is 17.6. The van der Waals surface area contributed by atoms with Crippen molar-refractivity contribution in [1.29, 1.82) is 0 Å². The second-order valence-corrected chi connectivity index (χ2v) is 7.65. The summed E-state index contributed by atoms with van der Waals surface area (Å²) in [5.74, 6) is -6.61. The van der Waals surface area contributed by atoms with Crippen LogP contribution in [0.4, 0.5) is 17.6 Å². The number of hydrogen-bond acceptors (Lipinski definition) is 4. The largest absolute Gasteiger partial charge is 0.484 e. The van der Waals surface area contributed by atoms with Crippen LogP contribution in [0, 0.1) is 11.6 Å². The fourth-order valence-corrected chi connectivity index (χ4v) is 3.42. The van der Waals surface area contributed by atoms with Crippen LogP contribution in [0.25, 0.3) is 16.6 Å². The average molecular weight is 461 g/mol. The van der Waals surface area contributed by atoms with Crippen molar-refractivity contribution in [2.75, 3.05) is 0 Å². The highest BCUT2D eigenvalue weighted by molar-refractivity contribution is 5.83. The molecule has 0 saturated carbocycles. The molecule has 0 bridgehead atoms. The van der Waals surface area contributed by atoms with Crippen molar-refractivity contribution in [3.8, 4) is 11.4 Å². The highest BCUT2D eigenvalue weighted by Gasteiger charge is 2.35. The third kappa shape index (κ3) is 4.84. The number of aromatic nitrogens is 2. The normalized spacial score (nSPS) is 13.6. The van der Waals surface area contributed by atoms with Crippen LogP contribution in [0.2, 0.25) is 0 Å². The molecule has 0 unspecified atom stereocenters. The van der Waals surface area contributed by atoms with Gasteiger partial charge in [0.1, 0.15) is 35.4 Å². The number of benzene rings is 2. The number of ether oxygens (including phenoxy) is 1. The number of amides is 1. The van der Waals surface area contributed by atoms with Crippen LogP contribution >= 0.6 is 0 Å². The molecule has 33 heavy (non-hydrogen) atoms. The maximum Gasteiger partial charge on any atom is 0.321 e. The lowest BCUT2D eigenvalue weighted by Gasteiger charge is -2.27. The molecular formula is C23H19F4N3O3. The topological polar surface area (TPSA) is 69.3 Å². The van der Waals surface area contributed by atoms with Gasteiger partial charge in [0.05, 0.1) is 24.0 Å². The summed E-state index contributed by atoms with van der Waals surface area (Å²) in [5.41, 5.74) is 1.49. The van der Waals surface area contributed by atoms with Crippen molar-refractivity contribution < 1.29 is 31.5 Å². The van der Waals surface area contributed by atoms with Crippen molar-refractivity contribution in [3.05, 3.63) is 78.4 Å². The Morgan fingerprint density at radius 3 is 2.52 bits per heavy atom. The van der Waals surface area contributed by atoms with Gasteiger partial charge in [-0.05, 0) is 37.3 Å². The van der Waals surface area contributed by atoms with E-state index in [-0.39, 0.29) is 11.3 Å². The molecule has 0 aliphatic heterocycles. The van der Waals surface area contributed by atoms with Gasteiger partial charge < -0.3 is 14.5 Å². The smallest absolute Gasteiger partial charge is 0.321 e. The first-order valence-electron chi connectivity index (χ1n) is 9.93. The van der Waals surface area contributed by atoms with Crippen LogP contribution in [0.15, 0.2) is 65.6 Å². The first-order valence-corrected chi connectivity index (χ1v) is 9.93. The van der Waals surface area contributed by atoms with Crippen molar-refractivity contribution in [3.63, 3.8) is 0 Å². The number of carbonyl (C=O) groups is 1. The van der Waals surface area contributed by atoms with Crippen molar-refractivity contribution in [1.82, 2.24) is 15.1 Å². The number of hydrogen-bond donors (Lipinski definition) is 1. The Balaban J connectivity index is 1.67. The zero-order valence-electron chi connectivity index (χ0n) is 17.6. The number of halogens is 4. The Hall–Kier alpha value is -3.82. The predicted molar refractivity (Wildman–Crippen MR) is 111 cm³/mol.